The number of carbonyl (C=O) groups is 2. The quantitative estimate of drug-likeness (QED) is 0.944. The van der Waals surface area contributed by atoms with Crippen LogP contribution in [0, 0.1) is 0 Å². The normalized spacial score (nSPS) is 19.4. The smallest absolute Gasteiger partial charge is 0.251 e. The monoisotopic (exact) mass is 320 g/mol. The van der Waals surface area contributed by atoms with Gasteiger partial charge in [0.25, 0.3) is 5.91 Å². The van der Waals surface area contributed by atoms with Gasteiger partial charge in [0.05, 0.1) is 6.04 Å². The first-order valence-electron chi connectivity index (χ1n) is 8.51. The van der Waals surface area contributed by atoms with Crippen molar-refractivity contribution in [2.24, 2.45) is 0 Å². The fourth-order valence-electron chi connectivity index (χ4n) is 3.68. The van der Waals surface area contributed by atoms with E-state index < -0.39 is 0 Å². The molecule has 24 heavy (non-hydrogen) atoms. The number of hydrogen-bond donors (Lipinski definition) is 1. The Labute approximate surface area is 141 Å². The zero-order chi connectivity index (χ0) is 16.5. The van der Waals surface area contributed by atoms with Gasteiger partial charge in [-0.25, -0.2) is 0 Å². The highest BCUT2D eigenvalue weighted by atomic mass is 16.2. The lowest BCUT2D eigenvalue weighted by Gasteiger charge is -2.18. The molecule has 0 saturated carbocycles. The van der Waals surface area contributed by atoms with Crippen molar-refractivity contribution in [1.29, 1.82) is 0 Å². The van der Waals surface area contributed by atoms with Crippen LogP contribution in [-0.2, 0) is 11.2 Å². The SMILES string of the molecule is O=C(N[C@@H]1CCc2ccccc21)c1cccc(N2CCCC2=O)c1. The Morgan fingerprint density at radius 2 is 1.96 bits per heavy atom. The molecule has 1 aliphatic carbocycles. The van der Waals surface area contributed by atoms with Gasteiger partial charge < -0.3 is 10.2 Å². The van der Waals surface area contributed by atoms with E-state index >= 15 is 0 Å². The van der Waals surface area contributed by atoms with E-state index in [4.69, 9.17) is 0 Å². The predicted octanol–water partition coefficient (Wildman–Crippen LogP) is 3.23. The second-order valence-corrected chi connectivity index (χ2v) is 6.46. The van der Waals surface area contributed by atoms with E-state index in [1.807, 2.05) is 30.3 Å². The first-order chi connectivity index (χ1) is 11.7. The maximum Gasteiger partial charge on any atom is 0.251 e. The molecule has 1 heterocycles. The molecule has 4 nitrogen and oxygen atoms in total. The van der Waals surface area contributed by atoms with E-state index in [-0.39, 0.29) is 17.9 Å². The largest absolute Gasteiger partial charge is 0.345 e. The van der Waals surface area contributed by atoms with Gasteiger partial charge >= 0.3 is 0 Å². The van der Waals surface area contributed by atoms with Crippen LogP contribution in [0.5, 0.6) is 0 Å². The van der Waals surface area contributed by atoms with E-state index in [0.29, 0.717) is 12.0 Å². The van der Waals surface area contributed by atoms with E-state index in [9.17, 15) is 9.59 Å². The summed E-state index contributed by atoms with van der Waals surface area (Å²) in [5.74, 6) is 0.0578. The average molecular weight is 320 g/mol. The summed E-state index contributed by atoms with van der Waals surface area (Å²) < 4.78 is 0. The van der Waals surface area contributed by atoms with Gasteiger partial charge in [0.1, 0.15) is 0 Å². The average Bonchev–Trinajstić information content (AvgIpc) is 3.22. The number of nitrogens with zero attached hydrogens (tertiary/aromatic N) is 1. The zero-order valence-corrected chi connectivity index (χ0v) is 13.5. The van der Waals surface area contributed by atoms with Crippen LogP contribution in [0.4, 0.5) is 5.69 Å². The molecule has 0 radical (unpaired) electrons. The standard InChI is InChI=1S/C20H20N2O2/c23-19-9-4-12-22(19)16-7-3-6-15(13-16)20(24)21-18-11-10-14-5-1-2-8-17(14)18/h1-3,5-8,13,18H,4,9-12H2,(H,21,24)/t18-/m1/s1. The molecule has 0 bridgehead atoms. The van der Waals surface area contributed by atoms with Gasteiger partial charge in [-0.3, -0.25) is 9.59 Å². The number of fused-ring (bicyclic) bond motifs is 1. The van der Waals surface area contributed by atoms with Gasteiger partial charge in [-0.2, -0.15) is 0 Å². The molecule has 0 spiro atoms. The van der Waals surface area contributed by atoms with Gasteiger partial charge in [0, 0.05) is 24.2 Å². The van der Waals surface area contributed by atoms with Gasteiger partial charge in [0.15, 0.2) is 0 Å². The fourth-order valence-corrected chi connectivity index (χ4v) is 3.68. The number of aryl methyl sites for hydroxylation is 1. The highest BCUT2D eigenvalue weighted by Crippen LogP contribution is 2.31. The van der Waals surface area contributed by atoms with Crippen LogP contribution < -0.4 is 10.2 Å². The lowest BCUT2D eigenvalue weighted by molar-refractivity contribution is -0.117. The minimum atomic E-state index is -0.0785. The second kappa shape index (κ2) is 6.11. The molecule has 122 valence electrons. The molecule has 1 fully saturated rings. The van der Waals surface area contributed by atoms with Crippen LogP contribution in [0.2, 0.25) is 0 Å². The summed E-state index contributed by atoms with van der Waals surface area (Å²) in [6.07, 6.45) is 3.42. The van der Waals surface area contributed by atoms with Crippen LogP contribution in [0.1, 0.15) is 46.8 Å². The van der Waals surface area contributed by atoms with Gasteiger partial charge in [-0.05, 0) is 48.6 Å². The van der Waals surface area contributed by atoms with Crippen LogP contribution in [0.3, 0.4) is 0 Å². The van der Waals surface area contributed by atoms with Crippen molar-refractivity contribution in [3.63, 3.8) is 0 Å². The van der Waals surface area contributed by atoms with Crippen molar-refractivity contribution in [3.05, 3.63) is 65.2 Å². The van der Waals surface area contributed by atoms with Crippen LogP contribution in [0.25, 0.3) is 0 Å². The van der Waals surface area contributed by atoms with Gasteiger partial charge in [0.2, 0.25) is 5.91 Å². The summed E-state index contributed by atoms with van der Waals surface area (Å²) in [5.41, 5.74) is 3.96. The first kappa shape index (κ1) is 14.9. The molecule has 1 aliphatic heterocycles. The Morgan fingerprint density at radius 3 is 2.79 bits per heavy atom. The number of benzene rings is 2. The summed E-state index contributed by atoms with van der Waals surface area (Å²) in [7, 11) is 0. The predicted molar refractivity (Wildman–Crippen MR) is 93.0 cm³/mol. The summed E-state index contributed by atoms with van der Waals surface area (Å²) >= 11 is 0. The van der Waals surface area contributed by atoms with Crippen molar-refractivity contribution in [2.75, 3.05) is 11.4 Å². The molecule has 2 aromatic carbocycles. The molecule has 4 rings (SSSR count). The van der Waals surface area contributed by atoms with Gasteiger partial charge in [-0.15, -0.1) is 0 Å². The molecular formula is C20H20N2O2. The molecule has 2 aliphatic rings. The third kappa shape index (κ3) is 2.68. The number of anilines is 1. The zero-order valence-electron chi connectivity index (χ0n) is 13.5. The van der Waals surface area contributed by atoms with Crippen LogP contribution >= 0.6 is 0 Å². The topological polar surface area (TPSA) is 49.4 Å². The Balaban J connectivity index is 1.52. The number of carbonyl (C=O) groups excluding carboxylic acids is 2. The summed E-state index contributed by atoms with van der Waals surface area (Å²) in [6.45, 7) is 0.736. The van der Waals surface area contributed by atoms with Crippen molar-refractivity contribution < 1.29 is 9.59 Å². The second-order valence-electron chi connectivity index (χ2n) is 6.46. The highest BCUT2D eigenvalue weighted by Gasteiger charge is 2.25. The molecule has 0 aromatic heterocycles. The maximum atomic E-state index is 12.6. The van der Waals surface area contributed by atoms with E-state index in [1.54, 1.807) is 11.0 Å². The third-order valence-corrected chi connectivity index (χ3v) is 4.93. The Hall–Kier alpha value is -2.62. The summed E-state index contributed by atoms with van der Waals surface area (Å²) in [5, 5.41) is 3.14. The Kier molecular flexibility index (Phi) is 3.81. The summed E-state index contributed by atoms with van der Waals surface area (Å²) in [6, 6.07) is 15.7. The molecule has 1 atom stereocenters. The minimum absolute atomic E-state index is 0.0748. The maximum absolute atomic E-state index is 12.6. The highest BCUT2D eigenvalue weighted by molar-refractivity contribution is 5.99. The molecular weight excluding hydrogens is 300 g/mol. The van der Waals surface area contributed by atoms with Crippen molar-refractivity contribution in [3.8, 4) is 0 Å². The third-order valence-electron chi connectivity index (χ3n) is 4.93. The molecule has 0 unspecified atom stereocenters. The van der Waals surface area contributed by atoms with Crippen LogP contribution in [0.15, 0.2) is 48.5 Å². The van der Waals surface area contributed by atoms with E-state index in [1.165, 1.54) is 11.1 Å². The van der Waals surface area contributed by atoms with Crippen molar-refractivity contribution in [2.45, 2.75) is 31.7 Å². The number of rotatable bonds is 3. The number of nitrogens with one attached hydrogen (secondary N) is 1. The van der Waals surface area contributed by atoms with E-state index in [2.05, 4.69) is 17.4 Å². The Morgan fingerprint density at radius 1 is 1.08 bits per heavy atom. The van der Waals surface area contributed by atoms with Gasteiger partial charge in [-0.1, -0.05) is 30.3 Å². The lowest BCUT2D eigenvalue weighted by Crippen LogP contribution is -2.28. The van der Waals surface area contributed by atoms with E-state index in [0.717, 1.165) is 31.5 Å². The first-order valence-corrected chi connectivity index (χ1v) is 8.51. The number of amides is 2. The molecule has 4 heteroatoms. The fraction of sp³-hybridized carbons (Fsp3) is 0.300. The minimum Gasteiger partial charge on any atom is -0.345 e. The number of hydrogen-bond acceptors (Lipinski definition) is 2. The van der Waals surface area contributed by atoms with Crippen LogP contribution in [-0.4, -0.2) is 18.4 Å². The molecule has 1 saturated heterocycles. The Bertz CT molecular complexity index is 800. The molecule has 2 aromatic rings. The van der Waals surface area contributed by atoms with Crippen molar-refractivity contribution >= 4 is 17.5 Å². The molecule has 1 N–H and O–H groups in total. The summed E-state index contributed by atoms with van der Waals surface area (Å²) in [4.78, 5) is 26.3. The van der Waals surface area contributed by atoms with Crippen molar-refractivity contribution in [1.82, 2.24) is 5.32 Å². The lowest BCUT2D eigenvalue weighted by atomic mass is 10.1. The molecule has 2 amide bonds.